The first-order valence-electron chi connectivity index (χ1n) is 5.25. The maximum atomic E-state index is 4.13. The Morgan fingerprint density at radius 1 is 1.38 bits per heavy atom. The van der Waals surface area contributed by atoms with Gasteiger partial charge in [0.2, 0.25) is 0 Å². The minimum absolute atomic E-state index is 0.777. The first-order valence-corrected chi connectivity index (χ1v) is 5.25. The zero-order valence-corrected chi connectivity index (χ0v) is 9.57. The van der Waals surface area contributed by atoms with Gasteiger partial charge in [0.25, 0.3) is 0 Å². The zero-order chi connectivity index (χ0) is 11.4. The molecule has 0 spiro atoms. The second-order valence-corrected chi connectivity index (χ2v) is 3.84. The van der Waals surface area contributed by atoms with Crippen LogP contribution in [0.25, 0.3) is 0 Å². The normalized spacial score (nSPS) is 10.1. The fourth-order valence-corrected chi connectivity index (χ4v) is 1.58. The average Bonchev–Trinajstić information content (AvgIpc) is 2.79. The highest BCUT2D eigenvalue weighted by Gasteiger charge is 2.03. The van der Waals surface area contributed by atoms with Gasteiger partial charge in [-0.3, -0.25) is 4.98 Å². The fourth-order valence-electron chi connectivity index (χ4n) is 1.58. The molecule has 0 atom stereocenters. The molecule has 0 bridgehead atoms. The highest BCUT2D eigenvalue weighted by Crippen LogP contribution is 2.22. The number of pyridine rings is 1. The lowest BCUT2D eigenvalue weighted by molar-refractivity contribution is 1.05. The van der Waals surface area contributed by atoms with E-state index in [1.165, 1.54) is 0 Å². The third-order valence-electron chi connectivity index (χ3n) is 2.41. The number of nitrogens with one attached hydrogen (secondary N) is 2. The highest BCUT2D eigenvalue weighted by atomic mass is 15.1. The molecule has 0 aliphatic rings. The van der Waals surface area contributed by atoms with Gasteiger partial charge in [0, 0.05) is 32.2 Å². The molecule has 2 rings (SSSR count). The van der Waals surface area contributed by atoms with Crippen LogP contribution in [0.5, 0.6) is 0 Å². The number of anilines is 2. The molecule has 2 N–H and O–H groups in total. The smallest absolute Gasteiger partial charge is 0.0767 e. The van der Waals surface area contributed by atoms with Crippen LogP contribution in [0.2, 0.25) is 0 Å². The summed E-state index contributed by atoms with van der Waals surface area (Å²) in [4.78, 5) is 9.36. The van der Waals surface area contributed by atoms with Crippen LogP contribution in [0, 0.1) is 0 Å². The molecule has 16 heavy (non-hydrogen) atoms. The summed E-state index contributed by atoms with van der Waals surface area (Å²) >= 11 is 0. The number of H-pyrrole nitrogens is 1. The summed E-state index contributed by atoms with van der Waals surface area (Å²) in [6, 6.07) is 6.04. The van der Waals surface area contributed by atoms with Crippen LogP contribution >= 0.6 is 0 Å². The lowest BCUT2D eigenvalue weighted by atomic mass is 10.3. The van der Waals surface area contributed by atoms with Gasteiger partial charge in [-0.05, 0) is 18.2 Å². The van der Waals surface area contributed by atoms with Crippen molar-refractivity contribution in [3.8, 4) is 0 Å². The van der Waals surface area contributed by atoms with E-state index in [1.807, 2.05) is 38.6 Å². The van der Waals surface area contributed by atoms with E-state index in [2.05, 4.69) is 26.3 Å². The van der Waals surface area contributed by atoms with E-state index in [1.54, 1.807) is 6.20 Å². The zero-order valence-electron chi connectivity index (χ0n) is 9.57. The molecule has 4 nitrogen and oxygen atoms in total. The van der Waals surface area contributed by atoms with E-state index in [0.717, 1.165) is 23.6 Å². The van der Waals surface area contributed by atoms with Crippen LogP contribution in [-0.2, 0) is 6.54 Å². The predicted octanol–water partition coefficient (Wildman–Crippen LogP) is 2.09. The van der Waals surface area contributed by atoms with Gasteiger partial charge < -0.3 is 15.2 Å². The molecular weight excluding hydrogens is 200 g/mol. The molecule has 4 heteroatoms. The van der Waals surface area contributed by atoms with Gasteiger partial charge in [0.15, 0.2) is 0 Å². The molecule has 2 aromatic rings. The minimum Gasteiger partial charge on any atom is -0.377 e. The topological polar surface area (TPSA) is 44.0 Å². The third-order valence-corrected chi connectivity index (χ3v) is 2.41. The maximum absolute atomic E-state index is 4.13. The van der Waals surface area contributed by atoms with Gasteiger partial charge in [-0.1, -0.05) is 0 Å². The molecule has 0 aliphatic heterocycles. The van der Waals surface area contributed by atoms with Crippen LogP contribution in [0.1, 0.15) is 5.69 Å². The average molecular weight is 216 g/mol. The van der Waals surface area contributed by atoms with Crippen LogP contribution in [0.15, 0.2) is 36.8 Å². The van der Waals surface area contributed by atoms with Gasteiger partial charge in [0.05, 0.1) is 24.1 Å². The highest BCUT2D eigenvalue weighted by molar-refractivity contribution is 5.67. The first kappa shape index (κ1) is 10.5. The Hall–Kier alpha value is -1.97. The Morgan fingerprint density at radius 2 is 2.25 bits per heavy atom. The van der Waals surface area contributed by atoms with Crippen molar-refractivity contribution >= 4 is 11.4 Å². The van der Waals surface area contributed by atoms with Crippen molar-refractivity contribution < 1.29 is 0 Å². The van der Waals surface area contributed by atoms with E-state index in [9.17, 15) is 0 Å². The van der Waals surface area contributed by atoms with Gasteiger partial charge in [-0.15, -0.1) is 0 Å². The Labute approximate surface area is 95.3 Å². The number of rotatable bonds is 4. The van der Waals surface area contributed by atoms with Gasteiger partial charge >= 0.3 is 0 Å². The Morgan fingerprint density at radius 3 is 2.94 bits per heavy atom. The summed E-state index contributed by atoms with van der Waals surface area (Å²) in [6.45, 7) is 0.777. The molecule has 2 aromatic heterocycles. The van der Waals surface area contributed by atoms with Gasteiger partial charge in [-0.25, -0.2) is 0 Å². The summed E-state index contributed by atoms with van der Waals surface area (Å²) in [5.74, 6) is 0. The molecule has 84 valence electrons. The predicted molar refractivity (Wildman–Crippen MR) is 66.7 cm³/mol. The third kappa shape index (κ3) is 2.34. The van der Waals surface area contributed by atoms with E-state index in [4.69, 9.17) is 0 Å². The van der Waals surface area contributed by atoms with Crippen LogP contribution in [0.4, 0.5) is 11.4 Å². The van der Waals surface area contributed by atoms with E-state index >= 15 is 0 Å². The quantitative estimate of drug-likeness (QED) is 0.822. The maximum Gasteiger partial charge on any atom is 0.0767 e. The van der Waals surface area contributed by atoms with Crippen LogP contribution in [0.3, 0.4) is 0 Å². The Balaban J connectivity index is 2.09. The van der Waals surface area contributed by atoms with Crippen molar-refractivity contribution in [1.82, 2.24) is 9.97 Å². The van der Waals surface area contributed by atoms with Crippen molar-refractivity contribution in [2.75, 3.05) is 24.3 Å². The molecule has 0 fully saturated rings. The lowest BCUT2D eigenvalue weighted by Gasteiger charge is -2.17. The summed E-state index contributed by atoms with van der Waals surface area (Å²) < 4.78 is 0. The first-order chi connectivity index (χ1) is 7.77. The Bertz CT molecular complexity index is 434. The standard InChI is InChI=1S/C12H16N4/c1-16(2)12-5-7-13-9-11(12)15-8-10-4-3-6-14-10/h3-7,9,14-15H,8H2,1-2H3. The van der Waals surface area contributed by atoms with Gasteiger partial charge in [0.1, 0.15) is 0 Å². The number of hydrogen-bond acceptors (Lipinski definition) is 3. The van der Waals surface area contributed by atoms with Crippen molar-refractivity contribution in [2.24, 2.45) is 0 Å². The SMILES string of the molecule is CN(C)c1ccncc1NCc1ccc[nH]1. The lowest BCUT2D eigenvalue weighted by Crippen LogP contribution is -2.12. The van der Waals surface area contributed by atoms with Crippen molar-refractivity contribution in [3.63, 3.8) is 0 Å². The number of aromatic nitrogens is 2. The van der Waals surface area contributed by atoms with E-state index in [0.29, 0.717) is 0 Å². The molecule has 0 aromatic carbocycles. The van der Waals surface area contributed by atoms with E-state index < -0.39 is 0 Å². The molecule has 0 aliphatic carbocycles. The molecular formula is C12H16N4. The van der Waals surface area contributed by atoms with Crippen LogP contribution < -0.4 is 10.2 Å². The summed E-state index contributed by atoms with van der Waals surface area (Å²) in [5, 5.41) is 3.36. The molecule has 0 amide bonds. The van der Waals surface area contributed by atoms with Gasteiger partial charge in [-0.2, -0.15) is 0 Å². The molecule has 0 unspecified atom stereocenters. The number of hydrogen-bond donors (Lipinski definition) is 2. The molecule has 0 saturated heterocycles. The molecule has 0 radical (unpaired) electrons. The summed E-state index contributed by atoms with van der Waals surface area (Å²) in [7, 11) is 4.05. The second kappa shape index (κ2) is 4.70. The van der Waals surface area contributed by atoms with Crippen LogP contribution in [-0.4, -0.2) is 24.1 Å². The number of aromatic amines is 1. The summed E-state index contributed by atoms with van der Waals surface area (Å²) in [5.41, 5.74) is 3.34. The number of nitrogens with zero attached hydrogens (tertiary/aromatic N) is 2. The Kier molecular flexibility index (Phi) is 3.10. The molecule has 0 saturated carbocycles. The summed E-state index contributed by atoms with van der Waals surface area (Å²) in [6.07, 6.45) is 5.57. The van der Waals surface area contributed by atoms with Crippen molar-refractivity contribution in [3.05, 3.63) is 42.5 Å². The second-order valence-electron chi connectivity index (χ2n) is 3.84. The van der Waals surface area contributed by atoms with Crippen molar-refractivity contribution in [2.45, 2.75) is 6.54 Å². The largest absolute Gasteiger partial charge is 0.377 e. The van der Waals surface area contributed by atoms with E-state index in [-0.39, 0.29) is 0 Å². The monoisotopic (exact) mass is 216 g/mol. The fraction of sp³-hybridized carbons (Fsp3) is 0.250. The minimum atomic E-state index is 0.777. The van der Waals surface area contributed by atoms with Crippen molar-refractivity contribution in [1.29, 1.82) is 0 Å². The molecule has 2 heterocycles.